The lowest BCUT2D eigenvalue weighted by Gasteiger charge is -2.35. The second-order valence-corrected chi connectivity index (χ2v) is 6.81. The van der Waals surface area contributed by atoms with Crippen LogP contribution >= 0.6 is 11.3 Å². The van der Waals surface area contributed by atoms with E-state index in [1.54, 1.807) is 17.5 Å². The maximum atomic E-state index is 13.1. The second-order valence-electron chi connectivity index (χ2n) is 5.92. The summed E-state index contributed by atoms with van der Waals surface area (Å²) in [6.07, 6.45) is 4.99. The first kappa shape index (κ1) is 14.4. The first-order valence-electron chi connectivity index (χ1n) is 7.86. The molecular weight excluding hydrogens is 308 g/mol. The Morgan fingerprint density at radius 2 is 2.22 bits per heavy atom. The molecule has 0 bridgehead atoms. The average Bonchev–Trinajstić information content (AvgIpc) is 3.22. The summed E-state index contributed by atoms with van der Waals surface area (Å²) in [5, 5.41) is 4.26. The molecule has 0 aliphatic carbocycles. The number of benzene rings is 1. The molecule has 1 atom stereocenters. The number of piperidine rings is 1. The van der Waals surface area contributed by atoms with Crippen LogP contribution in [0.3, 0.4) is 0 Å². The van der Waals surface area contributed by atoms with Crippen LogP contribution < -0.4 is 0 Å². The summed E-state index contributed by atoms with van der Waals surface area (Å²) in [6, 6.07) is 7.93. The Kier molecular flexibility index (Phi) is 3.61. The van der Waals surface area contributed by atoms with Crippen molar-refractivity contribution in [2.45, 2.75) is 25.3 Å². The third-order valence-corrected chi connectivity index (χ3v) is 5.35. The van der Waals surface area contributed by atoms with E-state index in [1.807, 2.05) is 46.4 Å². The maximum Gasteiger partial charge on any atom is 0.254 e. The normalized spacial score (nSPS) is 18.5. The molecule has 1 aliphatic heterocycles. The predicted molar refractivity (Wildman–Crippen MR) is 90.5 cm³/mol. The van der Waals surface area contributed by atoms with Gasteiger partial charge in [-0.3, -0.25) is 9.48 Å². The number of carbonyl (C=O) groups excluding carboxylic acids is 1. The minimum atomic E-state index is 0.0887. The van der Waals surface area contributed by atoms with Crippen molar-refractivity contribution in [3.63, 3.8) is 0 Å². The van der Waals surface area contributed by atoms with Gasteiger partial charge in [-0.1, -0.05) is 0 Å². The van der Waals surface area contributed by atoms with E-state index in [1.165, 1.54) is 0 Å². The van der Waals surface area contributed by atoms with Gasteiger partial charge in [0.05, 0.1) is 27.5 Å². The molecular formula is C17H18N4OS. The topological polar surface area (TPSA) is 51.0 Å². The molecule has 23 heavy (non-hydrogen) atoms. The van der Waals surface area contributed by atoms with Crippen LogP contribution in [0.25, 0.3) is 10.2 Å². The fourth-order valence-corrected chi connectivity index (χ4v) is 4.01. The minimum absolute atomic E-state index is 0.0887. The van der Waals surface area contributed by atoms with E-state index in [2.05, 4.69) is 10.1 Å². The molecule has 1 aliphatic rings. The summed E-state index contributed by atoms with van der Waals surface area (Å²) in [6.45, 7) is 0.795. The summed E-state index contributed by atoms with van der Waals surface area (Å²) in [5.41, 5.74) is 4.54. The van der Waals surface area contributed by atoms with Gasteiger partial charge in [0, 0.05) is 25.4 Å². The van der Waals surface area contributed by atoms with Crippen molar-refractivity contribution in [2.24, 2.45) is 7.05 Å². The Morgan fingerprint density at radius 3 is 3.04 bits per heavy atom. The smallest absolute Gasteiger partial charge is 0.254 e. The quantitative estimate of drug-likeness (QED) is 0.725. The fourth-order valence-electron chi connectivity index (χ4n) is 3.35. The molecule has 0 spiro atoms. The van der Waals surface area contributed by atoms with Crippen molar-refractivity contribution in [1.82, 2.24) is 19.7 Å². The van der Waals surface area contributed by atoms with Crippen LogP contribution in [0.4, 0.5) is 0 Å². The zero-order valence-electron chi connectivity index (χ0n) is 13.0. The van der Waals surface area contributed by atoms with Gasteiger partial charge in [-0.2, -0.15) is 5.10 Å². The van der Waals surface area contributed by atoms with E-state index in [0.717, 1.165) is 47.3 Å². The molecule has 0 saturated carbocycles. The lowest BCUT2D eigenvalue weighted by Crippen LogP contribution is -2.39. The Bertz CT molecular complexity index is 853. The van der Waals surface area contributed by atoms with E-state index >= 15 is 0 Å². The largest absolute Gasteiger partial charge is 0.330 e. The highest BCUT2D eigenvalue weighted by molar-refractivity contribution is 7.16. The van der Waals surface area contributed by atoms with Crippen LogP contribution in [0.5, 0.6) is 0 Å². The zero-order chi connectivity index (χ0) is 15.8. The van der Waals surface area contributed by atoms with Gasteiger partial charge in [0.2, 0.25) is 0 Å². The van der Waals surface area contributed by atoms with Gasteiger partial charge < -0.3 is 4.90 Å². The Hall–Kier alpha value is -2.21. The molecule has 2 aromatic heterocycles. The van der Waals surface area contributed by atoms with Crippen molar-refractivity contribution in [1.29, 1.82) is 0 Å². The van der Waals surface area contributed by atoms with Crippen molar-refractivity contribution in [2.75, 3.05) is 6.54 Å². The van der Waals surface area contributed by atoms with Gasteiger partial charge in [0.25, 0.3) is 5.91 Å². The lowest BCUT2D eigenvalue weighted by molar-refractivity contribution is 0.0601. The SMILES string of the molecule is Cn1nccc1C1CCCCN1C(=O)c1ccc2scnc2c1. The van der Waals surface area contributed by atoms with E-state index in [4.69, 9.17) is 0 Å². The molecule has 6 heteroatoms. The summed E-state index contributed by atoms with van der Waals surface area (Å²) in [4.78, 5) is 19.4. The number of fused-ring (bicyclic) bond motifs is 1. The number of thiazole rings is 1. The van der Waals surface area contributed by atoms with Gasteiger partial charge in [0.15, 0.2) is 0 Å². The van der Waals surface area contributed by atoms with E-state index in [0.29, 0.717) is 0 Å². The standard InChI is InChI=1S/C17H18N4OS/c1-20-14(7-8-19-20)15-4-2-3-9-21(15)17(22)12-5-6-16-13(10-12)18-11-23-16/h5-8,10-11,15H,2-4,9H2,1H3. The van der Waals surface area contributed by atoms with Crippen LogP contribution in [-0.2, 0) is 7.05 Å². The first-order chi connectivity index (χ1) is 11.2. The highest BCUT2D eigenvalue weighted by Gasteiger charge is 2.30. The molecule has 0 radical (unpaired) electrons. The summed E-state index contributed by atoms with van der Waals surface area (Å²) in [5.74, 6) is 0.0887. The summed E-state index contributed by atoms with van der Waals surface area (Å²) in [7, 11) is 1.94. The predicted octanol–water partition coefficient (Wildman–Crippen LogP) is 3.40. The molecule has 1 saturated heterocycles. The van der Waals surface area contributed by atoms with Crippen molar-refractivity contribution in [3.05, 3.63) is 47.2 Å². The number of hydrogen-bond acceptors (Lipinski definition) is 4. The molecule has 1 amide bonds. The average molecular weight is 326 g/mol. The molecule has 118 valence electrons. The monoisotopic (exact) mass is 326 g/mol. The molecule has 5 nitrogen and oxygen atoms in total. The van der Waals surface area contributed by atoms with Crippen LogP contribution in [0.15, 0.2) is 36.0 Å². The number of hydrogen-bond donors (Lipinski definition) is 0. The Morgan fingerprint density at radius 1 is 1.30 bits per heavy atom. The number of rotatable bonds is 2. The number of aryl methyl sites for hydroxylation is 1. The number of aromatic nitrogens is 3. The third-order valence-electron chi connectivity index (χ3n) is 4.54. The molecule has 4 rings (SSSR count). The lowest BCUT2D eigenvalue weighted by atomic mass is 9.98. The van der Waals surface area contributed by atoms with Crippen LogP contribution in [0.2, 0.25) is 0 Å². The molecule has 3 heterocycles. The van der Waals surface area contributed by atoms with E-state index < -0.39 is 0 Å². The van der Waals surface area contributed by atoms with Crippen molar-refractivity contribution >= 4 is 27.5 Å². The zero-order valence-corrected chi connectivity index (χ0v) is 13.8. The van der Waals surface area contributed by atoms with Crippen LogP contribution in [-0.4, -0.2) is 32.1 Å². The highest BCUT2D eigenvalue weighted by atomic mass is 32.1. The van der Waals surface area contributed by atoms with Crippen molar-refractivity contribution in [3.8, 4) is 0 Å². The highest BCUT2D eigenvalue weighted by Crippen LogP contribution is 2.32. The van der Waals surface area contributed by atoms with Crippen LogP contribution in [0.1, 0.15) is 41.4 Å². The number of amides is 1. The first-order valence-corrected chi connectivity index (χ1v) is 8.74. The Labute approximate surface area is 138 Å². The fraction of sp³-hybridized carbons (Fsp3) is 0.353. The van der Waals surface area contributed by atoms with E-state index in [-0.39, 0.29) is 11.9 Å². The van der Waals surface area contributed by atoms with Crippen molar-refractivity contribution < 1.29 is 4.79 Å². The van der Waals surface area contributed by atoms with Crippen LogP contribution in [0, 0.1) is 0 Å². The van der Waals surface area contributed by atoms with Gasteiger partial charge in [-0.25, -0.2) is 4.98 Å². The minimum Gasteiger partial charge on any atom is -0.330 e. The number of nitrogens with zero attached hydrogens (tertiary/aromatic N) is 4. The third kappa shape index (κ3) is 2.53. The summed E-state index contributed by atoms with van der Waals surface area (Å²) < 4.78 is 2.99. The maximum absolute atomic E-state index is 13.1. The number of likely N-dealkylation sites (tertiary alicyclic amines) is 1. The van der Waals surface area contributed by atoms with Gasteiger partial charge in [-0.15, -0.1) is 11.3 Å². The molecule has 1 aromatic carbocycles. The number of carbonyl (C=O) groups is 1. The Balaban J connectivity index is 1.68. The molecule has 1 unspecified atom stereocenters. The van der Waals surface area contributed by atoms with E-state index in [9.17, 15) is 4.79 Å². The van der Waals surface area contributed by atoms with Gasteiger partial charge >= 0.3 is 0 Å². The second kappa shape index (κ2) is 5.77. The molecule has 1 fully saturated rings. The summed E-state index contributed by atoms with van der Waals surface area (Å²) >= 11 is 1.60. The molecule has 3 aromatic rings. The van der Waals surface area contributed by atoms with Gasteiger partial charge in [-0.05, 0) is 43.5 Å². The van der Waals surface area contributed by atoms with Gasteiger partial charge in [0.1, 0.15) is 0 Å². The molecule has 0 N–H and O–H groups in total.